The largest absolute Gasteiger partial charge is 0.432 e. The first-order valence-electron chi connectivity index (χ1n) is 3.42. The highest BCUT2D eigenvalue weighted by molar-refractivity contribution is 5.20. The fourth-order valence-electron chi connectivity index (χ4n) is 0.677. The zero-order chi connectivity index (χ0) is 8.10. The molecule has 0 aliphatic rings. The Balaban J connectivity index is 2.34. The summed E-state index contributed by atoms with van der Waals surface area (Å²) in [6.07, 6.45) is 7.33. The van der Waals surface area contributed by atoms with E-state index >= 15 is 0 Å². The van der Waals surface area contributed by atoms with Gasteiger partial charge in [0.1, 0.15) is 6.26 Å². The van der Waals surface area contributed by atoms with Gasteiger partial charge in [0.2, 0.25) is 0 Å². The molecule has 11 heavy (non-hydrogen) atoms. The SMILES string of the molecule is C#CCCNc1nc(C)co1. The van der Waals surface area contributed by atoms with Crippen LogP contribution >= 0.6 is 0 Å². The summed E-state index contributed by atoms with van der Waals surface area (Å²) in [5.74, 6) is 2.51. The third-order valence-electron chi connectivity index (χ3n) is 1.16. The minimum atomic E-state index is 0.540. The highest BCUT2D eigenvalue weighted by atomic mass is 16.4. The van der Waals surface area contributed by atoms with E-state index in [0.717, 1.165) is 5.69 Å². The monoisotopic (exact) mass is 150 g/mol. The van der Waals surface area contributed by atoms with Gasteiger partial charge in [-0.25, -0.2) is 0 Å². The highest BCUT2D eigenvalue weighted by Gasteiger charge is 1.96. The van der Waals surface area contributed by atoms with Crippen LogP contribution in [0.25, 0.3) is 0 Å². The van der Waals surface area contributed by atoms with Crippen molar-refractivity contribution in [3.05, 3.63) is 12.0 Å². The first-order valence-corrected chi connectivity index (χ1v) is 3.42. The molecule has 0 atom stereocenters. The molecule has 3 nitrogen and oxygen atoms in total. The molecule has 1 rings (SSSR count). The molecule has 0 aliphatic heterocycles. The average molecular weight is 150 g/mol. The number of rotatable bonds is 3. The van der Waals surface area contributed by atoms with Gasteiger partial charge in [-0.1, -0.05) is 0 Å². The Morgan fingerprint density at radius 3 is 3.18 bits per heavy atom. The fraction of sp³-hybridized carbons (Fsp3) is 0.375. The van der Waals surface area contributed by atoms with Gasteiger partial charge in [-0.3, -0.25) is 0 Å². The van der Waals surface area contributed by atoms with E-state index in [1.165, 1.54) is 0 Å². The molecular formula is C8H10N2O. The van der Waals surface area contributed by atoms with Crippen molar-refractivity contribution >= 4 is 6.01 Å². The summed E-state index contributed by atoms with van der Waals surface area (Å²) in [6.45, 7) is 2.58. The van der Waals surface area contributed by atoms with E-state index in [4.69, 9.17) is 10.8 Å². The van der Waals surface area contributed by atoms with Crippen LogP contribution in [0.2, 0.25) is 0 Å². The van der Waals surface area contributed by atoms with E-state index in [1.54, 1.807) is 6.26 Å². The molecule has 0 amide bonds. The number of aromatic nitrogens is 1. The number of anilines is 1. The van der Waals surface area contributed by atoms with Crippen molar-refractivity contribution in [2.45, 2.75) is 13.3 Å². The molecule has 3 heteroatoms. The molecule has 58 valence electrons. The second-order valence-corrected chi connectivity index (χ2v) is 2.17. The van der Waals surface area contributed by atoms with Crippen LogP contribution in [0.15, 0.2) is 10.7 Å². The number of aryl methyl sites for hydroxylation is 1. The maximum Gasteiger partial charge on any atom is 0.294 e. The molecule has 0 bridgehead atoms. The minimum Gasteiger partial charge on any atom is -0.432 e. The molecule has 0 saturated heterocycles. The lowest BCUT2D eigenvalue weighted by molar-refractivity contribution is 0.570. The molecule has 1 aromatic heterocycles. The number of oxazole rings is 1. The second-order valence-electron chi connectivity index (χ2n) is 2.17. The van der Waals surface area contributed by atoms with Crippen molar-refractivity contribution in [2.24, 2.45) is 0 Å². The van der Waals surface area contributed by atoms with Crippen LogP contribution in [0.1, 0.15) is 12.1 Å². The lowest BCUT2D eigenvalue weighted by atomic mass is 10.4. The predicted molar refractivity (Wildman–Crippen MR) is 43.2 cm³/mol. The van der Waals surface area contributed by atoms with Gasteiger partial charge < -0.3 is 9.73 Å². The second kappa shape index (κ2) is 3.67. The van der Waals surface area contributed by atoms with Gasteiger partial charge in [-0.2, -0.15) is 4.98 Å². The number of nitrogens with one attached hydrogen (secondary N) is 1. The van der Waals surface area contributed by atoms with Crippen LogP contribution in [-0.4, -0.2) is 11.5 Å². The van der Waals surface area contributed by atoms with Crippen LogP contribution in [0.3, 0.4) is 0 Å². The van der Waals surface area contributed by atoms with Gasteiger partial charge in [0.05, 0.1) is 5.69 Å². The Hall–Kier alpha value is -1.43. The van der Waals surface area contributed by atoms with Crippen molar-refractivity contribution < 1.29 is 4.42 Å². The van der Waals surface area contributed by atoms with Crippen LogP contribution in [-0.2, 0) is 0 Å². The number of hydrogen-bond acceptors (Lipinski definition) is 3. The summed E-state index contributed by atoms with van der Waals surface area (Å²) in [7, 11) is 0. The first-order chi connectivity index (χ1) is 5.33. The topological polar surface area (TPSA) is 38.1 Å². The van der Waals surface area contributed by atoms with Gasteiger partial charge in [-0.05, 0) is 6.92 Å². The molecule has 0 unspecified atom stereocenters. The normalized spacial score (nSPS) is 9.09. The van der Waals surface area contributed by atoms with E-state index in [-0.39, 0.29) is 0 Å². The summed E-state index contributed by atoms with van der Waals surface area (Å²) in [5.41, 5.74) is 0.869. The molecule has 1 N–H and O–H groups in total. The van der Waals surface area contributed by atoms with E-state index in [0.29, 0.717) is 19.0 Å². The number of terminal acetylenes is 1. The fourth-order valence-corrected chi connectivity index (χ4v) is 0.677. The minimum absolute atomic E-state index is 0.540. The van der Waals surface area contributed by atoms with Gasteiger partial charge in [0.25, 0.3) is 6.01 Å². The third kappa shape index (κ3) is 2.34. The first kappa shape index (κ1) is 7.67. The zero-order valence-electron chi connectivity index (χ0n) is 6.42. The molecule has 0 radical (unpaired) electrons. The number of hydrogen-bond donors (Lipinski definition) is 1. The maximum atomic E-state index is 5.06. The Bertz CT molecular complexity index is 259. The predicted octanol–water partition coefficient (Wildman–Crippen LogP) is 1.42. The Morgan fingerprint density at radius 1 is 1.82 bits per heavy atom. The molecule has 1 aromatic rings. The van der Waals surface area contributed by atoms with Crippen LogP contribution in [0.4, 0.5) is 6.01 Å². The van der Waals surface area contributed by atoms with E-state index in [1.807, 2.05) is 6.92 Å². The third-order valence-corrected chi connectivity index (χ3v) is 1.16. The van der Waals surface area contributed by atoms with Gasteiger partial charge in [-0.15, -0.1) is 12.3 Å². The average Bonchev–Trinajstić information content (AvgIpc) is 2.37. The summed E-state index contributed by atoms with van der Waals surface area (Å²) in [6, 6.07) is 0.540. The van der Waals surface area contributed by atoms with Crippen molar-refractivity contribution in [1.29, 1.82) is 0 Å². The maximum absolute atomic E-state index is 5.06. The standard InChI is InChI=1S/C8H10N2O/c1-3-4-5-9-8-10-7(2)6-11-8/h1,6H,4-5H2,2H3,(H,9,10). The van der Waals surface area contributed by atoms with Crippen molar-refractivity contribution in [2.75, 3.05) is 11.9 Å². The van der Waals surface area contributed by atoms with Crippen molar-refractivity contribution in [3.63, 3.8) is 0 Å². The zero-order valence-corrected chi connectivity index (χ0v) is 6.42. The smallest absolute Gasteiger partial charge is 0.294 e. The summed E-state index contributed by atoms with van der Waals surface area (Å²) in [5, 5.41) is 2.95. The summed E-state index contributed by atoms with van der Waals surface area (Å²) < 4.78 is 5.02. The Kier molecular flexibility index (Phi) is 2.56. The lowest BCUT2D eigenvalue weighted by Gasteiger charge is -1.94. The molecule has 1 heterocycles. The van der Waals surface area contributed by atoms with Gasteiger partial charge in [0.15, 0.2) is 0 Å². The number of nitrogens with zero attached hydrogens (tertiary/aromatic N) is 1. The Labute approximate surface area is 65.8 Å². The molecule has 0 saturated carbocycles. The van der Waals surface area contributed by atoms with E-state index in [9.17, 15) is 0 Å². The van der Waals surface area contributed by atoms with E-state index in [2.05, 4.69) is 16.2 Å². The lowest BCUT2D eigenvalue weighted by Crippen LogP contribution is -1.99. The van der Waals surface area contributed by atoms with Gasteiger partial charge in [0, 0.05) is 13.0 Å². The molecular weight excluding hydrogens is 140 g/mol. The van der Waals surface area contributed by atoms with Crippen LogP contribution in [0, 0.1) is 19.3 Å². The van der Waals surface area contributed by atoms with Gasteiger partial charge >= 0.3 is 0 Å². The van der Waals surface area contributed by atoms with Crippen LogP contribution < -0.4 is 5.32 Å². The summed E-state index contributed by atoms with van der Waals surface area (Å²) in [4.78, 5) is 4.04. The molecule has 0 spiro atoms. The highest BCUT2D eigenvalue weighted by Crippen LogP contribution is 2.04. The molecule has 0 aliphatic carbocycles. The molecule has 0 fully saturated rings. The quantitative estimate of drug-likeness (QED) is 0.523. The molecule has 0 aromatic carbocycles. The van der Waals surface area contributed by atoms with Crippen LogP contribution in [0.5, 0.6) is 0 Å². The van der Waals surface area contributed by atoms with Crippen molar-refractivity contribution in [1.82, 2.24) is 4.98 Å². The summed E-state index contributed by atoms with van der Waals surface area (Å²) >= 11 is 0. The van der Waals surface area contributed by atoms with E-state index < -0.39 is 0 Å². The Morgan fingerprint density at radius 2 is 2.64 bits per heavy atom. The van der Waals surface area contributed by atoms with Crippen molar-refractivity contribution in [3.8, 4) is 12.3 Å².